The zero-order valence-corrected chi connectivity index (χ0v) is 14.7. The van der Waals surface area contributed by atoms with E-state index in [0.29, 0.717) is 17.0 Å². The number of halogens is 2. The Morgan fingerprint density at radius 3 is 2.40 bits per heavy atom. The monoisotopic (exact) mass is 363 g/mol. The van der Waals surface area contributed by atoms with E-state index < -0.39 is 11.6 Å². The Kier molecular flexibility index (Phi) is 7.13. The van der Waals surface area contributed by atoms with Crippen LogP contribution in [0.25, 0.3) is 0 Å². The summed E-state index contributed by atoms with van der Waals surface area (Å²) in [5.41, 5.74) is 1.68. The number of rotatable bonds is 8. The molecular weight excluding hydrogens is 344 g/mol. The molecule has 6 heteroatoms. The van der Waals surface area contributed by atoms with Crippen LogP contribution in [0.2, 0.25) is 0 Å². The maximum atomic E-state index is 13.1. The number of nitrogens with one attached hydrogen (secondary N) is 1. The molecule has 0 atom stereocenters. The highest BCUT2D eigenvalue weighted by Crippen LogP contribution is 2.21. The molecule has 2 aromatic carbocycles. The fourth-order valence-corrected chi connectivity index (χ4v) is 3.03. The van der Waals surface area contributed by atoms with Crippen molar-refractivity contribution in [3.8, 4) is 0 Å². The van der Waals surface area contributed by atoms with Crippen LogP contribution < -0.4 is 5.32 Å². The van der Waals surface area contributed by atoms with Gasteiger partial charge in [-0.25, -0.2) is 8.78 Å². The number of Topliss-reactive ketones (excluding diaryl/α,β-unsaturated/α-hetero) is 1. The van der Waals surface area contributed by atoms with Crippen molar-refractivity contribution in [2.75, 3.05) is 12.3 Å². The number of thioether (sulfide) groups is 1. The van der Waals surface area contributed by atoms with Gasteiger partial charge >= 0.3 is 0 Å². The molecule has 0 heterocycles. The van der Waals surface area contributed by atoms with Crippen LogP contribution in [0.1, 0.15) is 29.3 Å². The van der Waals surface area contributed by atoms with Crippen LogP contribution in [0.4, 0.5) is 8.78 Å². The first kappa shape index (κ1) is 19.1. The number of hydrogen-bond acceptors (Lipinski definition) is 3. The molecule has 1 N–H and O–H groups in total. The highest BCUT2D eigenvalue weighted by molar-refractivity contribution is 8.00. The normalized spacial score (nSPS) is 10.5. The van der Waals surface area contributed by atoms with Crippen LogP contribution in [-0.2, 0) is 11.2 Å². The average Bonchev–Trinajstić information content (AvgIpc) is 2.60. The summed E-state index contributed by atoms with van der Waals surface area (Å²) >= 11 is 1.17. The molecular formula is C19H19F2NO2S. The third-order valence-electron chi connectivity index (χ3n) is 3.55. The van der Waals surface area contributed by atoms with Crippen molar-refractivity contribution in [3.63, 3.8) is 0 Å². The number of carbonyl (C=O) groups is 2. The molecule has 0 aliphatic rings. The van der Waals surface area contributed by atoms with E-state index in [2.05, 4.69) is 5.32 Å². The van der Waals surface area contributed by atoms with Gasteiger partial charge in [0.05, 0.1) is 5.75 Å². The maximum Gasteiger partial charge on any atom is 0.216 e. The van der Waals surface area contributed by atoms with E-state index in [-0.39, 0.29) is 17.4 Å². The molecule has 25 heavy (non-hydrogen) atoms. The Hall–Kier alpha value is -2.21. The molecule has 0 spiro atoms. The van der Waals surface area contributed by atoms with Crippen LogP contribution >= 0.6 is 11.8 Å². The highest BCUT2D eigenvalue weighted by atomic mass is 32.2. The molecule has 1 amide bonds. The summed E-state index contributed by atoms with van der Waals surface area (Å²) in [7, 11) is 0. The first-order valence-electron chi connectivity index (χ1n) is 7.90. The largest absolute Gasteiger partial charge is 0.356 e. The molecule has 0 aliphatic carbocycles. The molecule has 132 valence electrons. The van der Waals surface area contributed by atoms with Crippen LogP contribution in [0.5, 0.6) is 0 Å². The summed E-state index contributed by atoms with van der Waals surface area (Å²) in [5, 5.41) is 2.74. The molecule has 0 bridgehead atoms. The van der Waals surface area contributed by atoms with Gasteiger partial charge in [0.2, 0.25) is 5.91 Å². The van der Waals surface area contributed by atoms with Gasteiger partial charge in [0.15, 0.2) is 17.4 Å². The van der Waals surface area contributed by atoms with Gasteiger partial charge in [-0.05, 0) is 36.6 Å². The summed E-state index contributed by atoms with van der Waals surface area (Å²) in [4.78, 5) is 23.5. The van der Waals surface area contributed by atoms with Gasteiger partial charge < -0.3 is 5.32 Å². The van der Waals surface area contributed by atoms with E-state index in [4.69, 9.17) is 0 Å². The summed E-state index contributed by atoms with van der Waals surface area (Å²) in [6.07, 6.45) is 1.65. The standard InChI is InChI=1S/C19H19F2NO2S/c1-13(23)22-10-2-3-14-4-6-15(7-5-14)19(24)12-25-16-8-9-17(20)18(21)11-16/h4-9,11H,2-3,10,12H2,1H3,(H,22,23). The second-order valence-electron chi connectivity index (χ2n) is 5.57. The van der Waals surface area contributed by atoms with E-state index in [1.165, 1.54) is 24.8 Å². The summed E-state index contributed by atoms with van der Waals surface area (Å²) in [5.74, 6) is -1.77. The predicted molar refractivity (Wildman–Crippen MR) is 94.9 cm³/mol. The molecule has 2 aromatic rings. The summed E-state index contributed by atoms with van der Waals surface area (Å²) in [6, 6.07) is 10.9. The Balaban J connectivity index is 1.83. The van der Waals surface area contributed by atoms with Crippen molar-refractivity contribution < 1.29 is 18.4 Å². The van der Waals surface area contributed by atoms with Gasteiger partial charge in [-0.2, -0.15) is 0 Å². The second kappa shape index (κ2) is 9.32. The molecule has 0 aromatic heterocycles. The molecule has 3 nitrogen and oxygen atoms in total. The Morgan fingerprint density at radius 1 is 1.04 bits per heavy atom. The van der Waals surface area contributed by atoms with Crippen molar-refractivity contribution in [1.29, 1.82) is 0 Å². The number of hydrogen-bond donors (Lipinski definition) is 1. The van der Waals surface area contributed by atoms with Crippen LogP contribution in [0.3, 0.4) is 0 Å². The summed E-state index contributed by atoms with van der Waals surface area (Å²) in [6.45, 7) is 2.11. The fraction of sp³-hybridized carbons (Fsp3) is 0.263. The number of amides is 1. The third-order valence-corrected chi connectivity index (χ3v) is 4.55. The minimum Gasteiger partial charge on any atom is -0.356 e. The average molecular weight is 363 g/mol. The smallest absolute Gasteiger partial charge is 0.216 e. The Bertz CT molecular complexity index is 748. The highest BCUT2D eigenvalue weighted by Gasteiger charge is 2.09. The van der Waals surface area contributed by atoms with Crippen LogP contribution in [-0.4, -0.2) is 24.0 Å². The number of ketones is 1. The van der Waals surface area contributed by atoms with Crippen molar-refractivity contribution >= 4 is 23.5 Å². The van der Waals surface area contributed by atoms with E-state index >= 15 is 0 Å². The van der Waals surface area contributed by atoms with Crippen molar-refractivity contribution in [1.82, 2.24) is 5.32 Å². The molecule has 0 aliphatic heterocycles. The SMILES string of the molecule is CC(=O)NCCCc1ccc(C(=O)CSc2ccc(F)c(F)c2)cc1. The van der Waals surface area contributed by atoms with Crippen molar-refractivity contribution in [2.24, 2.45) is 0 Å². The van der Waals surface area contributed by atoms with Crippen molar-refractivity contribution in [2.45, 2.75) is 24.7 Å². The first-order valence-corrected chi connectivity index (χ1v) is 8.88. The van der Waals surface area contributed by atoms with Gasteiger partial charge in [-0.3, -0.25) is 9.59 Å². The van der Waals surface area contributed by atoms with Gasteiger partial charge in [-0.15, -0.1) is 11.8 Å². The topological polar surface area (TPSA) is 46.2 Å². The maximum absolute atomic E-state index is 13.1. The third kappa shape index (κ3) is 6.31. The first-order chi connectivity index (χ1) is 12.0. The van der Waals surface area contributed by atoms with Gasteiger partial charge in [0.1, 0.15) is 0 Å². The molecule has 0 saturated heterocycles. The lowest BCUT2D eigenvalue weighted by atomic mass is 10.1. The lowest BCUT2D eigenvalue weighted by molar-refractivity contribution is -0.118. The van der Waals surface area contributed by atoms with E-state index in [0.717, 1.165) is 30.5 Å². The zero-order chi connectivity index (χ0) is 18.2. The lowest BCUT2D eigenvalue weighted by Gasteiger charge is -2.05. The number of benzene rings is 2. The predicted octanol–water partition coefficient (Wildman–Crippen LogP) is 4.01. The number of carbonyl (C=O) groups excluding carboxylic acids is 2. The molecule has 2 rings (SSSR count). The Labute approximate surface area is 149 Å². The number of aryl methyl sites for hydroxylation is 1. The molecule has 0 radical (unpaired) electrons. The van der Waals surface area contributed by atoms with E-state index in [1.807, 2.05) is 12.1 Å². The summed E-state index contributed by atoms with van der Waals surface area (Å²) < 4.78 is 26.0. The van der Waals surface area contributed by atoms with E-state index in [1.54, 1.807) is 12.1 Å². The van der Waals surface area contributed by atoms with Gasteiger partial charge in [-0.1, -0.05) is 24.3 Å². The zero-order valence-electron chi connectivity index (χ0n) is 13.9. The van der Waals surface area contributed by atoms with E-state index in [9.17, 15) is 18.4 Å². The van der Waals surface area contributed by atoms with Crippen LogP contribution in [0.15, 0.2) is 47.4 Å². The molecule has 0 unspecified atom stereocenters. The van der Waals surface area contributed by atoms with Crippen LogP contribution in [0, 0.1) is 11.6 Å². The van der Waals surface area contributed by atoms with Crippen molar-refractivity contribution in [3.05, 3.63) is 65.2 Å². The quantitative estimate of drug-likeness (QED) is 0.438. The molecule has 0 saturated carbocycles. The minimum absolute atomic E-state index is 0.0421. The minimum atomic E-state index is -0.916. The Morgan fingerprint density at radius 2 is 1.76 bits per heavy atom. The lowest BCUT2D eigenvalue weighted by Crippen LogP contribution is -2.21. The second-order valence-corrected chi connectivity index (χ2v) is 6.62. The fourth-order valence-electron chi connectivity index (χ4n) is 2.21. The van der Waals surface area contributed by atoms with Gasteiger partial charge in [0, 0.05) is 23.9 Å². The molecule has 0 fully saturated rings. The van der Waals surface area contributed by atoms with Gasteiger partial charge in [0.25, 0.3) is 0 Å².